The predicted molar refractivity (Wildman–Crippen MR) is 56.5 cm³/mol. The zero-order chi connectivity index (χ0) is 13.2. The van der Waals surface area contributed by atoms with Gasteiger partial charge in [0.2, 0.25) is 11.9 Å². The number of anilines is 1. The number of nitrogens with one attached hydrogen (secondary N) is 2. The first kappa shape index (κ1) is 12.8. The van der Waals surface area contributed by atoms with Crippen molar-refractivity contribution >= 4 is 11.9 Å². The number of aromatic amines is 1. The molecule has 18 heavy (non-hydrogen) atoms. The van der Waals surface area contributed by atoms with E-state index in [0.29, 0.717) is 12.8 Å². The van der Waals surface area contributed by atoms with E-state index in [1.165, 1.54) is 6.33 Å². The topological polar surface area (TPSA) is 70.7 Å². The SMILES string of the molecule is O=C(Nc1ncn[nH]1)C1CCCC(C(F)(F)F)C1. The van der Waals surface area contributed by atoms with Crippen molar-refractivity contribution in [2.45, 2.75) is 31.9 Å². The summed E-state index contributed by atoms with van der Waals surface area (Å²) in [7, 11) is 0. The quantitative estimate of drug-likeness (QED) is 0.857. The third-order valence-electron chi connectivity index (χ3n) is 3.16. The Bertz CT molecular complexity index is 404. The van der Waals surface area contributed by atoms with Crippen molar-refractivity contribution in [1.82, 2.24) is 15.2 Å². The van der Waals surface area contributed by atoms with Crippen molar-refractivity contribution in [2.24, 2.45) is 11.8 Å². The van der Waals surface area contributed by atoms with Crippen LogP contribution in [0.4, 0.5) is 19.1 Å². The lowest BCUT2D eigenvalue weighted by atomic mass is 9.80. The van der Waals surface area contributed by atoms with E-state index in [1.807, 2.05) is 0 Å². The van der Waals surface area contributed by atoms with Gasteiger partial charge in [0.15, 0.2) is 0 Å². The number of aromatic nitrogens is 3. The second kappa shape index (κ2) is 4.95. The Morgan fingerprint density at radius 3 is 2.83 bits per heavy atom. The highest BCUT2D eigenvalue weighted by molar-refractivity contribution is 5.90. The summed E-state index contributed by atoms with van der Waals surface area (Å²) in [6.45, 7) is 0. The molecule has 0 spiro atoms. The van der Waals surface area contributed by atoms with Crippen molar-refractivity contribution in [1.29, 1.82) is 0 Å². The number of nitrogens with zero attached hydrogens (tertiary/aromatic N) is 2. The molecule has 1 amide bonds. The van der Waals surface area contributed by atoms with Crippen molar-refractivity contribution in [3.8, 4) is 0 Å². The first-order valence-corrected chi connectivity index (χ1v) is 5.70. The predicted octanol–water partition coefficient (Wildman–Crippen LogP) is 2.11. The Balaban J connectivity index is 1.94. The molecule has 2 rings (SSSR count). The molecule has 1 heterocycles. The standard InChI is InChI=1S/C10H13F3N4O/c11-10(12,13)7-3-1-2-6(4-7)8(18)16-9-14-5-15-17-9/h5-7H,1-4H2,(H2,14,15,16,17,18). The van der Waals surface area contributed by atoms with Crippen LogP contribution in [0.2, 0.25) is 0 Å². The van der Waals surface area contributed by atoms with Gasteiger partial charge in [-0.2, -0.15) is 23.3 Å². The number of halogens is 3. The van der Waals surface area contributed by atoms with E-state index < -0.39 is 23.9 Å². The summed E-state index contributed by atoms with van der Waals surface area (Å²) in [4.78, 5) is 15.5. The van der Waals surface area contributed by atoms with E-state index >= 15 is 0 Å². The molecule has 1 aromatic rings. The maximum Gasteiger partial charge on any atom is 0.391 e. The van der Waals surface area contributed by atoms with E-state index in [0.717, 1.165) is 0 Å². The Morgan fingerprint density at radius 1 is 1.44 bits per heavy atom. The minimum atomic E-state index is -4.22. The Labute approximate surface area is 101 Å². The number of rotatable bonds is 2. The number of amides is 1. The number of hydrogen-bond donors (Lipinski definition) is 2. The average molecular weight is 262 g/mol. The van der Waals surface area contributed by atoms with Crippen molar-refractivity contribution in [2.75, 3.05) is 5.32 Å². The van der Waals surface area contributed by atoms with Gasteiger partial charge in [-0.3, -0.25) is 10.1 Å². The van der Waals surface area contributed by atoms with E-state index in [1.54, 1.807) is 0 Å². The Morgan fingerprint density at radius 2 is 2.22 bits per heavy atom. The molecule has 0 aliphatic heterocycles. The van der Waals surface area contributed by atoms with E-state index in [4.69, 9.17) is 0 Å². The minimum absolute atomic E-state index is 0.107. The molecule has 2 atom stereocenters. The lowest BCUT2D eigenvalue weighted by molar-refractivity contribution is -0.185. The molecule has 0 aromatic carbocycles. The summed E-state index contributed by atoms with van der Waals surface area (Å²) in [5.74, 6) is -2.26. The van der Waals surface area contributed by atoms with Gasteiger partial charge in [-0.1, -0.05) is 6.42 Å². The van der Waals surface area contributed by atoms with E-state index in [2.05, 4.69) is 20.5 Å². The highest BCUT2D eigenvalue weighted by Gasteiger charge is 2.43. The van der Waals surface area contributed by atoms with Crippen LogP contribution in [0.3, 0.4) is 0 Å². The molecule has 1 saturated carbocycles. The normalized spacial score (nSPS) is 24.8. The third-order valence-corrected chi connectivity index (χ3v) is 3.16. The second-order valence-electron chi connectivity index (χ2n) is 4.43. The maximum absolute atomic E-state index is 12.6. The van der Waals surface area contributed by atoms with Gasteiger partial charge in [0.05, 0.1) is 5.92 Å². The molecule has 5 nitrogen and oxygen atoms in total. The molecule has 1 fully saturated rings. The van der Waals surface area contributed by atoms with Gasteiger partial charge < -0.3 is 0 Å². The van der Waals surface area contributed by atoms with Crippen LogP contribution in [0, 0.1) is 11.8 Å². The van der Waals surface area contributed by atoms with Crippen LogP contribution < -0.4 is 5.32 Å². The number of hydrogen-bond acceptors (Lipinski definition) is 3. The molecule has 8 heteroatoms. The van der Waals surface area contributed by atoms with Crippen molar-refractivity contribution < 1.29 is 18.0 Å². The van der Waals surface area contributed by atoms with Crippen LogP contribution in [0.15, 0.2) is 6.33 Å². The number of alkyl halides is 3. The van der Waals surface area contributed by atoms with E-state index in [9.17, 15) is 18.0 Å². The fraction of sp³-hybridized carbons (Fsp3) is 0.700. The van der Waals surface area contributed by atoms with Gasteiger partial charge in [0.1, 0.15) is 6.33 Å². The molecule has 1 aliphatic carbocycles. The zero-order valence-corrected chi connectivity index (χ0v) is 9.50. The molecule has 0 saturated heterocycles. The van der Waals surface area contributed by atoms with Crippen LogP contribution in [0.1, 0.15) is 25.7 Å². The summed E-state index contributed by atoms with van der Waals surface area (Å²) in [6.07, 6.45) is -2.15. The molecule has 0 bridgehead atoms. The van der Waals surface area contributed by atoms with Crippen LogP contribution >= 0.6 is 0 Å². The van der Waals surface area contributed by atoms with Crippen LogP contribution in [0.5, 0.6) is 0 Å². The third kappa shape index (κ3) is 2.99. The summed E-state index contributed by atoms with van der Waals surface area (Å²) < 4.78 is 37.8. The second-order valence-corrected chi connectivity index (χ2v) is 4.43. The zero-order valence-electron chi connectivity index (χ0n) is 9.50. The first-order valence-electron chi connectivity index (χ1n) is 5.70. The maximum atomic E-state index is 12.6. The first-order chi connectivity index (χ1) is 8.47. The smallest absolute Gasteiger partial charge is 0.295 e. The average Bonchev–Trinajstić information content (AvgIpc) is 2.81. The van der Waals surface area contributed by atoms with Crippen LogP contribution in [-0.2, 0) is 4.79 Å². The van der Waals surface area contributed by atoms with Crippen LogP contribution in [-0.4, -0.2) is 27.3 Å². The lowest BCUT2D eigenvalue weighted by Gasteiger charge is -2.29. The fourth-order valence-electron chi connectivity index (χ4n) is 2.21. The van der Waals surface area contributed by atoms with Crippen molar-refractivity contribution in [3.63, 3.8) is 0 Å². The van der Waals surface area contributed by atoms with Gasteiger partial charge in [-0.25, -0.2) is 5.10 Å². The minimum Gasteiger partial charge on any atom is -0.295 e. The molecule has 2 N–H and O–H groups in total. The van der Waals surface area contributed by atoms with Crippen LogP contribution in [0.25, 0.3) is 0 Å². The number of H-pyrrole nitrogens is 1. The van der Waals surface area contributed by atoms with Gasteiger partial charge in [0, 0.05) is 5.92 Å². The summed E-state index contributed by atoms with van der Waals surface area (Å²) in [5, 5.41) is 8.41. The number of carbonyl (C=O) groups excluding carboxylic acids is 1. The summed E-state index contributed by atoms with van der Waals surface area (Å²) >= 11 is 0. The Kier molecular flexibility index (Phi) is 3.53. The lowest BCUT2D eigenvalue weighted by Crippen LogP contribution is -2.34. The molecular weight excluding hydrogens is 249 g/mol. The molecular formula is C10H13F3N4O. The fourth-order valence-corrected chi connectivity index (χ4v) is 2.21. The highest BCUT2D eigenvalue weighted by Crippen LogP contribution is 2.40. The summed E-state index contributed by atoms with van der Waals surface area (Å²) in [5.41, 5.74) is 0. The Hall–Kier alpha value is -1.60. The monoisotopic (exact) mass is 262 g/mol. The van der Waals surface area contributed by atoms with Gasteiger partial charge >= 0.3 is 6.18 Å². The molecule has 100 valence electrons. The van der Waals surface area contributed by atoms with Gasteiger partial charge in [-0.15, -0.1) is 0 Å². The van der Waals surface area contributed by atoms with Crippen molar-refractivity contribution in [3.05, 3.63) is 6.33 Å². The molecule has 1 aromatic heterocycles. The molecule has 2 unspecified atom stereocenters. The highest BCUT2D eigenvalue weighted by atomic mass is 19.4. The summed E-state index contributed by atoms with van der Waals surface area (Å²) in [6, 6.07) is 0. The van der Waals surface area contributed by atoms with Gasteiger partial charge in [0.25, 0.3) is 0 Å². The largest absolute Gasteiger partial charge is 0.391 e. The molecule has 1 aliphatic rings. The van der Waals surface area contributed by atoms with Gasteiger partial charge in [-0.05, 0) is 19.3 Å². The van der Waals surface area contributed by atoms with E-state index in [-0.39, 0.29) is 18.8 Å². The molecule has 0 radical (unpaired) electrons. The number of carbonyl (C=O) groups is 1.